The Labute approximate surface area is 124 Å². The number of Topliss-reactive ketones (excluding diaryl/α,β-unsaturated/α-hetero) is 1. The maximum atomic E-state index is 11.8. The molecule has 1 amide bonds. The number of carbonyl (C=O) groups is 2. The first-order valence-corrected chi connectivity index (χ1v) is 7.62. The fourth-order valence-corrected chi connectivity index (χ4v) is 1.95. The van der Waals surface area contributed by atoms with E-state index in [1.165, 1.54) is 0 Å². The number of alkyl carbamates (subject to hydrolysis) is 1. The van der Waals surface area contributed by atoms with Gasteiger partial charge in [-0.05, 0) is 32.6 Å². The Morgan fingerprint density at radius 1 is 1.16 bits per heavy atom. The number of halogens is 1. The van der Waals surface area contributed by atoms with Crippen molar-refractivity contribution < 1.29 is 14.3 Å². The molecule has 0 aromatic rings. The predicted molar refractivity (Wildman–Crippen MR) is 80.6 cm³/mol. The third-order valence-corrected chi connectivity index (χ3v) is 2.83. The van der Waals surface area contributed by atoms with Crippen molar-refractivity contribution in [2.24, 2.45) is 5.41 Å². The van der Waals surface area contributed by atoms with Gasteiger partial charge in [0.25, 0.3) is 0 Å². The summed E-state index contributed by atoms with van der Waals surface area (Å²) in [5, 5.41) is 3.10. The van der Waals surface area contributed by atoms with Crippen LogP contribution in [0.4, 0.5) is 4.79 Å². The van der Waals surface area contributed by atoms with E-state index in [0.717, 1.165) is 6.42 Å². The van der Waals surface area contributed by atoms with Crippen LogP contribution in [0.25, 0.3) is 0 Å². The molecular weight excluding hydrogens is 310 g/mol. The van der Waals surface area contributed by atoms with Gasteiger partial charge in [0.05, 0.1) is 5.33 Å². The molecule has 1 atom stereocenters. The monoisotopic (exact) mass is 335 g/mol. The van der Waals surface area contributed by atoms with Crippen molar-refractivity contribution in [3.8, 4) is 0 Å². The minimum atomic E-state index is -0.532. The molecule has 0 spiro atoms. The minimum absolute atomic E-state index is 0.0340. The third-order valence-electron chi connectivity index (χ3n) is 2.20. The standard InChI is InChI=1S/C14H26BrNO3/c1-13(2,3)8-10(7-11(17)9-15)16-12(18)19-14(4,5)6/h10H,7-9H2,1-6H3,(H,16,18). The first kappa shape index (κ1) is 18.4. The predicted octanol–water partition coefficient (Wildman–Crippen LogP) is 3.67. The van der Waals surface area contributed by atoms with E-state index in [-0.39, 0.29) is 17.2 Å². The Morgan fingerprint density at radius 2 is 1.68 bits per heavy atom. The van der Waals surface area contributed by atoms with E-state index >= 15 is 0 Å². The Balaban J connectivity index is 4.58. The lowest BCUT2D eigenvalue weighted by Gasteiger charge is -2.28. The van der Waals surface area contributed by atoms with Crippen LogP contribution in [-0.2, 0) is 9.53 Å². The summed E-state index contributed by atoms with van der Waals surface area (Å²) in [5.74, 6) is 0.0744. The number of nitrogens with one attached hydrogen (secondary N) is 1. The SMILES string of the molecule is CC(C)(C)CC(CC(=O)CBr)NC(=O)OC(C)(C)C. The van der Waals surface area contributed by atoms with Crippen molar-refractivity contribution >= 4 is 27.8 Å². The molecule has 4 nitrogen and oxygen atoms in total. The summed E-state index contributed by atoms with van der Waals surface area (Å²) in [6.45, 7) is 11.7. The van der Waals surface area contributed by atoms with Crippen molar-refractivity contribution in [3.05, 3.63) is 0 Å². The molecule has 1 unspecified atom stereocenters. The molecule has 5 heteroatoms. The van der Waals surface area contributed by atoms with Crippen LogP contribution in [0.3, 0.4) is 0 Å². The normalized spacial score (nSPS) is 13.8. The molecule has 0 radical (unpaired) electrons. The molecule has 0 fully saturated rings. The average Bonchev–Trinajstić information content (AvgIpc) is 2.10. The summed E-state index contributed by atoms with van der Waals surface area (Å²) < 4.78 is 5.22. The van der Waals surface area contributed by atoms with Gasteiger partial charge in [0.1, 0.15) is 11.4 Å². The lowest BCUT2D eigenvalue weighted by molar-refractivity contribution is -0.117. The highest BCUT2D eigenvalue weighted by Gasteiger charge is 2.24. The second-order valence-electron chi connectivity index (χ2n) is 6.98. The van der Waals surface area contributed by atoms with Crippen LogP contribution in [0.15, 0.2) is 0 Å². The van der Waals surface area contributed by atoms with Gasteiger partial charge < -0.3 is 10.1 Å². The van der Waals surface area contributed by atoms with E-state index < -0.39 is 11.7 Å². The molecule has 0 heterocycles. The van der Waals surface area contributed by atoms with Gasteiger partial charge in [-0.2, -0.15) is 0 Å². The van der Waals surface area contributed by atoms with Gasteiger partial charge in [0.2, 0.25) is 0 Å². The molecule has 0 aromatic heterocycles. The van der Waals surface area contributed by atoms with Crippen LogP contribution in [0.2, 0.25) is 0 Å². The summed E-state index contributed by atoms with van der Waals surface area (Å²) in [7, 11) is 0. The molecule has 0 aliphatic rings. The first-order chi connectivity index (χ1) is 8.43. The van der Waals surface area contributed by atoms with Crippen LogP contribution in [0.1, 0.15) is 54.4 Å². The highest BCUT2D eigenvalue weighted by molar-refractivity contribution is 9.09. The van der Waals surface area contributed by atoms with Gasteiger partial charge in [-0.1, -0.05) is 36.7 Å². The molecule has 0 rings (SSSR count). The Morgan fingerprint density at radius 3 is 2.05 bits per heavy atom. The lowest BCUT2D eigenvalue weighted by atomic mass is 9.86. The number of hydrogen-bond acceptors (Lipinski definition) is 3. The minimum Gasteiger partial charge on any atom is -0.444 e. The maximum Gasteiger partial charge on any atom is 0.407 e. The van der Waals surface area contributed by atoms with E-state index in [1.807, 2.05) is 20.8 Å². The van der Waals surface area contributed by atoms with Gasteiger partial charge in [-0.25, -0.2) is 4.79 Å². The quantitative estimate of drug-likeness (QED) is 0.780. The largest absolute Gasteiger partial charge is 0.444 e. The Hall–Kier alpha value is -0.580. The van der Waals surface area contributed by atoms with Gasteiger partial charge in [-0.15, -0.1) is 0 Å². The maximum absolute atomic E-state index is 11.8. The molecule has 0 aliphatic carbocycles. The zero-order valence-electron chi connectivity index (χ0n) is 12.8. The van der Waals surface area contributed by atoms with E-state index in [1.54, 1.807) is 0 Å². The number of rotatable bonds is 5. The van der Waals surface area contributed by atoms with E-state index in [0.29, 0.717) is 11.8 Å². The highest BCUT2D eigenvalue weighted by atomic mass is 79.9. The van der Waals surface area contributed by atoms with Crippen molar-refractivity contribution in [3.63, 3.8) is 0 Å². The van der Waals surface area contributed by atoms with Crippen LogP contribution >= 0.6 is 15.9 Å². The van der Waals surface area contributed by atoms with Crippen LogP contribution in [0.5, 0.6) is 0 Å². The first-order valence-electron chi connectivity index (χ1n) is 6.50. The molecule has 112 valence electrons. The molecule has 1 N–H and O–H groups in total. The lowest BCUT2D eigenvalue weighted by Crippen LogP contribution is -2.42. The molecule has 0 saturated carbocycles. The summed E-state index contributed by atoms with van der Waals surface area (Å²) >= 11 is 3.14. The second kappa shape index (κ2) is 7.27. The van der Waals surface area contributed by atoms with Crippen molar-refractivity contribution in [1.29, 1.82) is 0 Å². The average molecular weight is 336 g/mol. The molecular formula is C14H26BrNO3. The van der Waals surface area contributed by atoms with Gasteiger partial charge in [0.15, 0.2) is 0 Å². The number of alkyl halides is 1. The van der Waals surface area contributed by atoms with Crippen LogP contribution < -0.4 is 5.32 Å². The second-order valence-corrected chi connectivity index (χ2v) is 7.55. The third kappa shape index (κ3) is 11.0. The van der Waals surface area contributed by atoms with E-state index in [2.05, 4.69) is 42.0 Å². The van der Waals surface area contributed by atoms with Gasteiger partial charge in [0, 0.05) is 12.5 Å². The smallest absolute Gasteiger partial charge is 0.407 e. The topological polar surface area (TPSA) is 55.4 Å². The zero-order chi connectivity index (χ0) is 15.3. The zero-order valence-corrected chi connectivity index (χ0v) is 14.4. The highest BCUT2D eigenvalue weighted by Crippen LogP contribution is 2.22. The fraction of sp³-hybridized carbons (Fsp3) is 0.857. The molecule has 0 bridgehead atoms. The number of carbonyl (C=O) groups excluding carboxylic acids is 2. The summed E-state index contributed by atoms with van der Waals surface area (Å²) in [6.07, 6.45) is 0.580. The van der Waals surface area contributed by atoms with Crippen molar-refractivity contribution in [2.45, 2.75) is 66.0 Å². The molecule has 0 aliphatic heterocycles. The van der Waals surface area contributed by atoms with Crippen LogP contribution in [0, 0.1) is 5.41 Å². The van der Waals surface area contributed by atoms with E-state index in [4.69, 9.17) is 4.74 Å². The number of ether oxygens (including phenoxy) is 1. The van der Waals surface area contributed by atoms with Gasteiger partial charge in [-0.3, -0.25) is 4.79 Å². The van der Waals surface area contributed by atoms with Crippen LogP contribution in [-0.4, -0.2) is 28.8 Å². The Kier molecular flexibility index (Phi) is 7.05. The van der Waals surface area contributed by atoms with Gasteiger partial charge >= 0.3 is 6.09 Å². The Bertz CT molecular complexity index is 316. The fourth-order valence-electron chi connectivity index (χ4n) is 1.72. The summed E-state index contributed by atoms with van der Waals surface area (Å²) in [5.41, 5.74) is -0.498. The van der Waals surface area contributed by atoms with Crippen molar-refractivity contribution in [1.82, 2.24) is 5.32 Å². The number of ketones is 1. The molecule has 0 aromatic carbocycles. The number of amides is 1. The number of hydrogen-bond donors (Lipinski definition) is 1. The molecule has 19 heavy (non-hydrogen) atoms. The molecule has 0 saturated heterocycles. The van der Waals surface area contributed by atoms with E-state index in [9.17, 15) is 9.59 Å². The van der Waals surface area contributed by atoms with Crippen molar-refractivity contribution in [2.75, 3.05) is 5.33 Å². The summed E-state index contributed by atoms with van der Waals surface area (Å²) in [4.78, 5) is 23.3. The summed E-state index contributed by atoms with van der Waals surface area (Å²) in [6, 6.07) is -0.195.